The van der Waals surface area contributed by atoms with Gasteiger partial charge >= 0.3 is 0 Å². The molecule has 0 bridgehead atoms. The van der Waals surface area contributed by atoms with Gasteiger partial charge in [0.05, 0.1) is 17.5 Å². The largest absolute Gasteiger partial charge is 0.339 e. The molecule has 2 atom stereocenters. The summed E-state index contributed by atoms with van der Waals surface area (Å²) in [5, 5.41) is 6.89. The minimum atomic E-state index is -2.83. The van der Waals surface area contributed by atoms with Crippen LogP contribution in [0.5, 0.6) is 0 Å². The minimum Gasteiger partial charge on any atom is -0.339 e. The normalized spacial score (nSPS) is 24.9. The third-order valence-electron chi connectivity index (χ3n) is 3.09. The van der Waals surface area contributed by atoms with Crippen molar-refractivity contribution in [2.75, 3.05) is 18.6 Å². The molecular formula is C10H17N3O3S. The molecular weight excluding hydrogens is 242 g/mol. The van der Waals surface area contributed by atoms with Crippen LogP contribution in [-0.2, 0) is 16.3 Å². The number of rotatable bonds is 4. The van der Waals surface area contributed by atoms with E-state index in [4.69, 9.17) is 4.52 Å². The van der Waals surface area contributed by atoms with Gasteiger partial charge in [0.1, 0.15) is 0 Å². The maximum atomic E-state index is 11.3. The molecule has 2 unspecified atom stereocenters. The van der Waals surface area contributed by atoms with E-state index in [1.54, 1.807) is 0 Å². The van der Waals surface area contributed by atoms with E-state index in [0.29, 0.717) is 24.6 Å². The molecule has 0 aliphatic carbocycles. The number of aromatic nitrogens is 2. The van der Waals surface area contributed by atoms with Crippen LogP contribution in [0.15, 0.2) is 4.52 Å². The molecule has 96 valence electrons. The highest BCUT2D eigenvalue weighted by Gasteiger charge is 2.29. The van der Waals surface area contributed by atoms with Crippen LogP contribution in [0.1, 0.15) is 31.1 Å². The van der Waals surface area contributed by atoms with Crippen LogP contribution in [0.3, 0.4) is 0 Å². The van der Waals surface area contributed by atoms with Crippen LogP contribution >= 0.6 is 0 Å². The highest BCUT2D eigenvalue weighted by Crippen LogP contribution is 2.22. The summed E-state index contributed by atoms with van der Waals surface area (Å²) in [7, 11) is -1.01. The van der Waals surface area contributed by atoms with E-state index in [-0.39, 0.29) is 23.5 Å². The van der Waals surface area contributed by atoms with Gasteiger partial charge in [0.2, 0.25) is 5.89 Å². The number of hydrogen-bond acceptors (Lipinski definition) is 6. The van der Waals surface area contributed by atoms with Crippen molar-refractivity contribution < 1.29 is 12.9 Å². The lowest BCUT2D eigenvalue weighted by Gasteiger charge is -2.03. The van der Waals surface area contributed by atoms with Crippen molar-refractivity contribution in [3.63, 3.8) is 0 Å². The predicted molar refractivity (Wildman–Crippen MR) is 62.2 cm³/mol. The van der Waals surface area contributed by atoms with Gasteiger partial charge in [0, 0.05) is 6.42 Å². The Labute approximate surface area is 101 Å². The Bertz CT molecular complexity index is 483. The molecule has 0 radical (unpaired) electrons. The lowest BCUT2D eigenvalue weighted by atomic mass is 10.1. The fourth-order valence-corrected chi connectivity index (χ4v) is 3.80. The molecule has 1 aromatic rings. The first kappa shape index (κ1) is 12.5. The molecule has 2 heterocycles. The molecule has 0 aromatic carbocycles. The Morgan fingerprint density at radius 2 is 2.35 bits per heavy atom. The molecule has 2 rings (SSSR count). The lowest BCUT2D eigenvalue weighted by Crippen LogP contribution is -2.14. The van der Waals surface area contributed by atoms with Crippen molar-refractivity contribution in [2.24, 2.45) is 5.92 Å². The van der Waals surface area contributed by atoms with Crippen LogP contribution in [0, 0.1) is 5.92 Å². The van der Waals surface area contributed by atoms with Gasteiger partial charge in [-0.25, -0.2) is 8.42 Å². The van der Waals surface area contributed by atoms with E-state index >= 15 is 0 Å². The fourth-order valence-electron chi connectivity index (χ4n) is 1.94. The second-order valence-corrected chi connectivity index (χ2v) is 6.76. The quantitative estimate of drug-likeness (QED) is 0.838. The highest BCUT2D eigenvalue weighted by atomic mass is 32.2. The average Bonchev–Trinajstić information content (AvgIpc) is 2.85. The van der Waals surface area contributed by atoms with Gasteiger partial charge in [-0.05, 0) is 26.3 Å². The maximum absolute atomic E-state index is 11.3. The minimum absolute atomic E-state index is 0.0415. The van der Waals surface area contributed by atoms with Crippen LogP contribution in [0.4, 0.5) is 0 Å². The Balaban J connectivity index is 1.98. The first-order chi connectivity index (χ1) is 8.00. The molecule has 0 saturated carbocycles. The maximum Gasteiger partial charge on any atom is 0.227 e. The Morgan fingerprint density at radius 3 is 2.94 bits per heavy atom. The smallest absolute Gasteiger partial charge is 0.227 e. The van der Waals surface area contributed by atoms with Crippen molar-refractivity contribution in [3.05, 3.63) is 11.7 Å². The van der Waals surface area contributed by atoms with Crippen molar-refractivity contribution in [1.82, 2.24) is 15.5 Å². The van der Waals surface area contributed by atoms with Crippen molar-refractivity contribution in [2.45, 2.75) is 25.8 Å². The van der Waals surface area contributed by atoms with Crippen LogP contribution < -0.4 is 5.32 Å². The third-order valence-corrected chi connectivity index (χ3v) is 4.93. The van der Waals surface area contributed by atoms with E-state index in [0.717, 1.165) is 0 Å². The zero-order chi connectivity index (χ0) is 12.5. The molecule has 1 aromatic heterocycles. The molecule has 1 saturated heterocycles. The molecule has 17 heavy (non-hydrogen) atoms. The van der Waals surface area contributed by atoms with Crippen molar-refractivity contribution in [3.8, 4) is 0 Å². The van der Waals surface area contributed by atoms with Gasteiger partial charge < -0.3 is 9.84 Å². The van der Waals surface area contributed by atoms with Gasteiger partial charge in [-0.1, -0.05) is 5.16 Å². The summed E-state index contributed by atoms with van der Waals surface area (Å²) in [5.74, 6) is 1.79. The van der Waals surface area contributed by atoms with Gasteiger partial charge in [-0.15, -0.1) is 0 Å². The van der Waals surface area contributed by atoms with E-state index in [1.165, 1.54) is 0 Å². The molecule has 6 nitrogen and oxygen atoms in total. The summed E-state index contributed by atoms with van der Waals surface area (Å²) in [4.78, 5) is 4.26. The second kappa shape index (κ2) is 4.73. The first-order valence-corrected chi connectivity index (χ1v) is 7.52. The Kier molecular flexibility index (Phi) is 3.48. The molecule has 1 N–H and O–H groups in total. The summed E-state index contributed by atoms with van der Waals surface area (Å²) >= 11 is 0. The highest BCUT2D eigenvalue weighted by molar-refractivity contribution is 7.91. The van der Waals surface area contributed by atoms with E-state index < -0.39 is 9.84 Å². The van der Waals surface area contributed by atoms with Gasteiger partial charge in [0.15, 0.2) is 15.7 Å². The molecule has 7 heteroatoms. The zero-order valence-corrected chi connectivity index (χ0v) is 10.8. The van der Waals surface area contributed by atoms with Crippen LogP contribution in [0.25, 0.3) is 0 Å². The number of nitrogens with one attached hydrogen (secondary N) is 1. The molecule has 0 amide bonds. The summed E-state index contributed by atoms with van der Waals surface area (Å²) in [5.41, 5.74) is 0. The number of nitrogens with zero attached hydrogens (tertiary/aromatic N) is 2. The standard InChI is InChI=1S/C10H17N3O3S/c1-7(11-2)10-12-9(16-13-10)5-8-3-4-17(14,15)6-8/h7-8,11H,3-6H2,1-2H3. The van der Waals surface area contributed by atoms with Crippen LogP contribution in [-0.4, -0.2) is 37.1 Å². The van der Waals surface area contributed by atoms with Crippen LogP contribution in [0.2, 0.25) is 0 Å². The third kappa shape index (κ3) is 3.04. The Hall–Kier alpha value is -0.950. The summed E-state index contributed by atoms with van der Waals surface area (Å²) < 4.78 is 27.8. The number of sulfone groups is 1. The second-order valence-electron chi connectivity index (χ2n) is 4.53. The van der Waals surface area contributed by atoms with Gasteiger partial charge in [0.25, 0.3) is 0 Å². The summed E-state index contributed by atoms with van der Waals surface area (Å²) in [6.45, 7) is 1.94. The monoisotopic (exact) mass is 259 g/mol. The zero-order valence-electron chi connectivity index (χ0n) is 10.0. The van der Waals surface area contributed by atoms with E-state index in [1.807, 2.05) is 14.0 Å². The number of hydrogen-bond donors (Lipinski definition) is 1. The summed E-state index contributed by atoms with van der Waals surface area (Å²) in [6, 6.07) is 0.0415. The van der Waals surface area contributed by atoms with Crippen molar-refractivity contribution in [1.29, 1.82) is 0 Å². The lowest BCUT2D eigenvalue weighted by molar-refractivity contribution is 0.352. The van der Waals surface area contributed by atoms with E-state index in [9.17, 15) is 8.42 Å². The predicted octanol–water partition coefficient (Wildman–Crippen LogP) is 0.327. The topological polar surface area (TPSA) is 85.1 Å². The fraction of sp³-hybridized carbons (Fsp3) is 0.800. The average molecular weight is 259 g/mol. The van der Waals surface area contributed by atoms with E-state index in [2.05, 4.69) is 15.5 Å². The molecule has 0 spiro atoms. The van der Waals surface area contributed by atoms with Gasteiger partial charge in [-0.2, -0.15) is 4.98 Å². The SMILES string of the molecule is CNC(C)c1noc(CC2CCS(=O)(=O)C2)n1. The summed E-state index contributed by atoms with van der Waals surface area (Å²) in [6.07, 6.45) is 1.25. The Morgan fingerprint density at radius 1 is 1.59 bits per heavy atom. The van der Waals surface area contributed by atoms with Gasteiger partial charge in [-0.3, -0.25) is 0 Å². The molecule has 1 aliphatic rings. The first-order valence-electron chi connectivity index (χ1n) is 5.70. The molecule has 1 fully saturated rings. The van der Waals surface area contributed by atoms with Crippen molar-refractivity contribution >= 4 is 9.84 Å². The molecule has 1 aliphatic heterocycles.